The van der Waals surface area contributed by atoms with Gasteiger partial charge in [0.2, 0.25) is 0 Å². The molecule has 0 spiro atoms. The maximum atomic E-state index is 12.8. The van der Waals surface area contributed by atoms with Crippen LogP contribution in [0.2, 0.25) is 20.1 Å². The molecule has 1 saturated heterocycles. The fourth-order valence-electron chi connectivity index (χ4n) is 2.67. The molecule has 1 fully saturated rings. The number of Topliss-reactive ketones (excluding diaryl/α,β-unsaturated/α-hetero) is 1. The number of ketones is 1. The number of phenolic OH excluding ortho intramolecular Hbond substituents is 2. The van der Waals surface area contributed by atoms with Gasteiger partial charge >= 0.3 is 0 Å². The second kappa shape index (κ2) is 8.13. The third kappa shape index (κ3) is 4.42. The summed E-state index contributed by atoms with van der Waals surface area (Å²) in [5.74, 6) is -0.542. The van der Waals surface area contributed by atoms with Crippen molar-refractivity contribution in [3.63, 3.8) is 0 Å². The lowest BCUT2D eigenvalue weighted by Crippen LogP contribution is -2.32. The first-order chi connectivity index (χ1) is 12.8. The molecule has 0 unspecified atom stereocenters. The SMILES string of the molecule is O=C1/C(=C/c2cc(Cl)c(O)c(Cl)c2)CNC/C1=C\c1cc(Cl)c(O)c(Cl)c1. The van der Waals surface area contributed by atoms with E-state index in [0.29, 0.717) is 35.4 Å². The van der Waals surface area contributed by atoms with Crippen molar-refractivity contribution in [2.45, 2.75) is 0 Å². The molecular weight excluding hydrogens is 432 g/mol. The van der Waals surface area contributed by atoms with Crippen molar-refractivity contribution in [2.24, 2.45) is 0 Å². The Morgan fingerprint density at radius 3 is 1.41 bits per heavy atom. The lowest BCUT2D eigenvalue weighted by atomic mass is 9.95. The van der Waals surface area contributed by atoms with E-state index in [1.807, 2.05) is 0 Å². The van der Waals surface area contributed by atoms with Crippen LogP contribution in [0.5, 0.6) is 11.5 Å². The Morgan fingerprint density at radius 1 is 0.741 bits per heavy atom. The van der Waals surface area contributed by atoms with Crippen molar-refractivity contribution >= 4 is 64.3 Å². The van der Waals surface area contributed by atoms with E-state index in [1.165, 1.54) is 24.3 Å². The number of carbonyl (C=O) groups excluding carboxylic acids is 1. The number of piperidine rings is 1. The normalized spacial score (nSPS) is 17.7. The number of aromatic hydroxyl groups is 2. The molecule has 1 aliphatic heterocycles. The van der Waals surface area contributed by atoms with Crippen molar-refractivity contribution in [1.29, 1.82) is 0 Å². The number of benzene rings is 2. The zero-order valence-corrected chi connectivity index (χ0v) is 16.7. The van der Waals surface area contributed by atoms with Gasteiger partial charge in [0.05, 0.1) is 20.1 Å². The summed E-state index contributed by atoms with van der Waals surface area (Å²) in [4.78, 5) is 12.8. The first-order valence-corrected chi connectivity index (χ1v) is 9.30. The van der Waals surface area contributed by atoms with E-state index in [0.717, 1.165) is 0 Å². The number of phenols is 2. The second-order valence-corrected chi connectivity index (χ2v) is 7.57. The zero-order chi connectivity index (χ0) is 19.7. The number of rotatable bonds is 2. The van der Waals surface area contributed by atoms with E-state index in [2.05, 4.69) is 5.32 Å². The van der Waals surface area contributed by atoms with Crippen LogP contribution in [0, 0.1) is 0 Å². The average Bonchev–Trinajstić information content (AvgIpc) is 2.61. The molecule has 2 aromatic carbocycles. The maximum Gasteiger partial charge on any atom is 0.187 e. The molecule has 0 aliphatic carbocycles. The molecule has 2 aromatic rings. The molecular formula is C19H13Cl4NO3. The minimum atomic E-state index is -0.199. The van der Waals surface area contributed by atoms with Crippen LogP contribution >= 0.6 is 46.4 Å². The summed E-state index contributed by atoms with van der Waals surface area (Å²) in [5, 5.41) is 22.9. The zero-order valence-electron chi connectivity index (χ0n) is 13.7. The molecule has 3 N–H and O–H groups in total. The largest absolute Gasteiger partial charge is 0.505 e. The number of carbonyl (C=O) groups is 1. The van der Waals surface area contributed by atoms with Gasteiger partial charge in [-0.15, -0.1) is 0 Å². The monoisotopic (exact) mass is 443 g/mol. The molecule has 0 bridgehead atoms. The number of halogens is 4. The van der Waals surface area contributed by atoms with Gasteiger partial charge in [0.15, 0.2) is 17.3 Å². The van der Waals surface area contributed by atoms with Crippen LogP contribution in [-0.4, -0.2) is 29.1 Å². The molecule has 0 amide bonds. The number of nitrogens with one attached hydrogen (secondary N) is 1. The smallest absolute Gasteiger partial charge is 0.187 e. The van der Waals surface area contributed by atoms with Gasteiger partial charge in [-0.2, -0.15) is 0 Å². The van der Waals surface area contributed by atoms with Crippen LogP contribution in [0.3, 0.4) is 0 Å². The van der Waals surface area contributed by atoms with Crippen molar-refractivity contribution in [1.82, 2.24) is 5.32 Å². The number of hydrogen-bond acceptors (Lipinski definition) is 4. The minimum Gasteiger partial charge on any atom is -0.505 e. The molecule has 1 aliphatic rings. The van der Waals surface area contributed by atoms with Crippen molar-refractivity contribution in [2.75, 3.05) is 13.1 Å². The second-order valence-electron chi connectivity index (χ2n) is 5.94. The van der Waals surface area contributed by atoms with E-state index in [9.17, 15) is 15.0 Å². The number of hydrogen-bond donors (Lipinski definition) is 3. The van der Waals surface area contributed by atoms with Gasteiger partial charge < -0.3 is 15.5 Å². The molecule has 4 nitrogen and oxygen atoms in total. The van der Waals surface area contributed by atoms with Gasteiger partial charge in [0, 0.05) is 24.2 Å². The predicted octanol–water partition coefficient (Wildman–Crippen LogP) is 5.35. The Hall–Kier alpha value is -1.69. The first-order valence-electron chi connectivity index (χ1n) is 7.79. The Morgan fingerprint density at radius 2 is 1.07 bits per heavy atom. The van der Waals surface area contributed by atoms with E-state index >= 15 is 0 Å². The highest BCUT2D eigenvalue weighted by Gasteiger charge is 2.21. The van der Waals surface area contributed by atoms with Crippen LogP contribution in [-0.2, 0) is 4.79 Å². The topological polar surface area (TPSA) is 69.6 Å². The molecule has 1 heterocycles. The van der Waals surface area contributed by atoms with Crippen molar-refractivity contribution < 1.29 is 15.0 Å². The van der Waals surface area contributed by atoms with Crippen LogP contribution in [0.25, 0.3) is 12.2 Å². The first kappa shape index (κ1) is 20.1. The molecule has 0 saturated carbocycles. The Bertz CT molecular complexity index is 875. The Balaban J connectivity index is 1.94. The van der Waals surface area contributed by atoms with Crippen LogP contribution < -0.4 is 5.32 Å². The summed E-state index contributed by atoms with van der Waals surface area (Å²) in [6, 6.07) is 6.11. The van der Waals surface area contributed by atoms with Gasteiger partial charge in [0.1, 0.15) is 0 Å². The third-order valence-electron chi connectivity index (χ3n) is 3.97. The highest BCUT2D eigenvalue weighted by atomic mass is 35.5. The summed E-state index contributed by atoms with van der Waals surface area (Å²) in [6.07, 6.45) is 3.33. The molecule has 0 atom stereocenters. The Labute approximate surface area is 175 Å². The van der Waals surface area contributed by atoms with E-state index in [4.69, 9.17) is 46.4 Å². The predicted molar refractivity (Wildman–Crippen MR) is 110 cm³/mol. The van der Waals surface area contributed by atoms with Gasteiger partial charge in [-0.3, -0.25) is 4.79 Å². The summed E-state index contributed by atoms with van der Waals surface area (Å²) >= 11 is 23.7. The third-order valence-corrected chi connectivity index (χ3v) is 5.13. The molecule has 140 valence electrons. The molecule has 0 radical (unpaired) electrons. The molecule has 8 heteroatoms. The standard InChI is InChI=1S/C19H13Cl4NO3/c20-13-3-9(4-14(21)18(13)26)1-11-7-24-8-12(17(11)25)2-10-5-15(22)19(27)16(23)6-10/h1-6,24,26-27H,7-8H2/b11-1+,12-2+. The van der Waals surface area contributed by atoms with Crippen LogP contribution in [0.15, 0.2) is 35.4 Å². The highest BCUT2D eigenvalue weighted by molar-refractivity contribution is 6.38. The minimum absolute atomic E-state index is 0.106. The Kier molecular flexibility index (Phi) is 6.04. The summed E-state index contributed by atoms with van der Waals surface area (Å²) in [7, 11) is 0. The van der Waals surface area contributed by atoms with E-state index < -0.39 is 0 Å². The van der Waals surface area contributed by atoms with Crippen LogP contribution in [0.1, 0.15) is 11.1 Å². The lowest BCUT2D eigenvalue weighted by molar-refractivity contribution is -0.112. The van der Waals surface area contributed by atoms with Crippen molar-refractivity contribution in [3.05, 3.63) is 66.6 Å². The van der Waals surface area contributed by atoms with Gasteiger partial charge in [0.25, 0.3) is 0 Å². The van der Waals surface area contributed by atoms with Crippen LogP contribution in [0.4, 0.5) is 0 Å². The van der Waals surface area contributed by atoms with E-state index in [1.54, 1.807) is 12.2 Å². The summed E-state index contributed by atoms with van der Waals surface area (Å²) < 4.78 is 0. The molecule has 0 aromatic heterocycles. The quantitative estimate of drug-likeness (QED) is 0.546. The van der Waals surface area contributed by atoms with Gasteiger partial charge in [-0.25, -0.2) is 0 Å². The fraction of sp³-hybridized carbons (Fsp3) is 0.105. The molecule has 27 heavy (non-hydrogen) atoms. The fourth-order valence-corrected chi connectivity index (χ4v) is 3.68. The lowest BCUT2D eigenvalue weighted by Gasteiger charge is -2.18. The van der Waals surface area contributed by atoms with E-state index in [-0.39, 0.29) is 37.4 Å². The summed E-state index contributed by atoms with van der Waals surface area (Å²) in [6.45, 7) is 0.757. The van der Waals surface area contributed by atoms with Gasteiger partial charge in [-0.05, 0) is 47.5 Å². The van der Waals surface area contributed by atoms with Gasteiger partial charge in [-0.1, -0.05) is 46.4 Å². The molecule has 3 rings (SSSR count). The average molecular weight is 445 g/mol. The maximum absolute atomic E-state index is 12.8. The van der Waals surface area contributed by atoms with Crippen molar-refractivity contribution in [3.8, 4) is 11.5 Å². The highest BCUT2D eigenvalue weighted by Crippen LogP contribution is 2.35. The summed E-state index contributed by atoms with van der Waals surface area (Å²) in [5.41, 5.74) is 2.23.